The van der Waals surface area contributed by atoms with E-state index in [1.54, 1.807) is 26.0 Å². The van der Waals surface area contributed by atoms with Gasteiger partial charge in [-0.05, 0) is 18.6 Å². The Morgan fingerprint density at radius 3 is 2.55 bits per heavy atom. The Labute approximate surface area is 125 Å². The number of thiophene rings is 1. The van der Waals surface area contributed by atoms with Gasteiger partial charge in [-0.1, -0.05) is 6.92 Å². The van der Waals surface area contributed by atoms with Crippen LogP contribution in [0.25, 0.3) is 0 Å². The molecule has 0 radical (unpaired) electrons. The monoisotopic (exact) mass is 296 g/mol. The largest absolute Gasteiger partial charge is 0.356 e. The van der Waals surface area contributed by atoms with Gasteiger partial charge in [0.1, 0.15) is 0 Å². The summed E-state index contributed by atoms with van der Waals surface area (Å²) in [7, 11) is 5.25. The zero-order valence-corrected chi connectivity index (χ0v) is 13.5. The number of nitrogens with zero attached hydrogens (tertiary/aromatic N) is 2. The Bertz CT molecular complexity index is 454. The van der Waals surface area contributed by atoms with Crippen molar-refractivity contribution in [2.24, 2.45) is 4.99 Å². The average Bonchev–Trinajstić information content (AvgIpc) is 2.90. The molecule has 1 heterocycles. The molecule has 0 saturated heterocycles. The summed E-state index contributed by atoms with van der Waals surface area (Å²) in [6, 6.07) is 4.30. The first kappa shape index (κ1) is 16.5. The maximum absolute atomic E-state index is 11.5. The normalized spacial score (nSPS) is 11.3. The maximum atomic E-state index is 11.5. The summed E-state index contributed by atoms with van der Waals surface area (Å²) in [5.74, 6) is 0.835. The topological polar surface area (TPSA) is 56.7 Å². The van der Waals surface area contributed by atoms with E-state index in [0.717, 1.165) is 18.9 Å². The zero-order chi connectivity index (χ0) is 15.0. The van der Waals surface area contributed by atoms with Gasteiger partial charge in [-0.15, -0.1) is 11.3 Å². The van der Waals surface area contributed by atoms with Gasteiger partial charge in [-0.2, -0.15) is 0 Å². The predicted octanol–water partition coefficient (Wildman–Crippen LogP) is 1.45. The predicted molar refractivity (Wildman–Crippen MR) is 85.2 cm³/mol. The minimum atomic E-state index is 0.110. The number of nitrogens with one attached hydrogen (secondary N) is 2. The summed E-state index contributed by atoms with van der Waals surface area (Å²) in [5.41, 5.74) is 0. The molecular weight excluding hydrogens is 272 g/mol. The molecule has 0 aliphatic carbocycles. The lowest BCUT2D eigenvalue weighted by atomic mass is 10.3. The van der Waals surface area contributed by atoms with Crippen LogP contribution in [0.4, 0.5) is 0 Å². The van der Waals surface area contributed by atoms with Crippen LogP contribution in [0.15, 0.2) is 17.1 Å². The van der Waals surface area contributed by atoms with Crippen molar-refractivity contribution in [3.8, 4) is 0 Å². The van der Waals surface area contributed by atoms with E-state index in [1.807, 2.05) is 11.3 Å². The third-order valence-electron chi connectivity index (χ3n) is 2.85. The van der Waals surface area contributed by atoms with Crippen LogP contribution in [-0.4, -0.2) is 44.5 Å². The smallest absolute Gasteiger partial charge is 0.223 e. The Kier molecular flexibility index (Phi) is 7.08. The van der Waals surface area contributed by atoms with Crippen molar-refractivity contribution in [2.45, 2.75) is 26.3 Å². The molecule has 6 heteroatoms. The quantitative estimate of drug-likeness (QED) is 0.617. The number of amides is 1. The molecule has 112 valence electrons. The lowest BCUT2D eigenvalue weighted by Gasteiger charge is -2.13. The fourth-order valence-electron chi connectivity index (χ4n) is 1.61. The standard InChI is InChI=1S/C14H24N4OS/c1-5-11-6-7-12(20-11)10-17-14(15-2)16-9-8-13(19)18(3)4/h6-7H,5,8-10H2,1-4H3,(H2,15,16,17). The first-order valence-corrected chi connectivity index (χ1v) is 7.60. The second-order valence-corrected chi connectivity index (χ2v) is 5.87. The highest BCUT2D eigenvalue weighted by atomic mass is 32.1. The SMILES string of the molecule is CCc1ccc(CNC(=NC)NCCC(=O)N(C)C)s1. The van der Waals surface area contributed by atoms with Crippen molar-refractivity contribution in [3.63, 3.8) is 0 Å². The molecular formula is C14H24N4OS. The number of aryl methyl sites for hydroxylation is 1. The molecule has 0 bridgehead atoms. The van der Waals surface area contributed by atoms with Crippen LogP contribution in [0.3, 0.4) is 0 Å². The number of hydrogen-bond donors (Lipinski definition) is 2. The van der Waals surface area contributed by atoms with E-state index in [-0.39, 0.29) is 5.91 Å². The Balaban J connectivity index is 2.31. The molecule has 1 amide bonds. The van der Waals surface area contributed by atoms with Gasteiger partial charge in [0.2, 0.25) is 5.91 Å². The molecule has 1 rings (SSSR count). The van der Waals surface area contributed by atoms with Crippen LogP contribution in [0.1, 0.15) is 23.1 Å². The second kappa shape index (κ2) is 8.58. The summed E-state index contributed by atoms with van der Waals surface area (Å²) in [6.07, 6.45) is 1.54. The Hall–Kier alpha value is -1.56. The molecule has 1 aromatic rings. The van der Waals surface area contributed by atoms with Gasteiger partial charge in [-0.3, -0.25) is 9.79 Å². The second-order valence-electron chi connectivity index (χ2n) is 4.61. The van der Waals surface area contributed by atoms with E-state index in [2.05, 4.69) is 34.7 Å². The van der Waals surface area contributed by atoms with Crippen LogP contribution >= 0.6 is 11.3 Å². The highest BCUT2D eigenvalue weighted by Crippen LogP contribution is 2.16. The van der Waals surface area contributed by atoms with E-state index >= 15 is 0 Å². The van der Waals surface area contributed by atoms with Crippen LogP contribution in [0.2, 0.25) is 0 Å². The van der Waals surface area contributed by atoms with Crippen molar-refractivity contribution in [1.29, 1.82) is 0 Å². The molecule has 5 nitrogen and oxygen atoms in total. The minimum absolute atomic E-state index is 0.110. The van der Waals surface area contributed by atoms with Crippen molar-refractivity contribution in [1.82, 2.24) is 15.5 Å². The van der Waals surface area contributed by atoms with Gasteiger partial charge in [0, 0.05) is 43.9 Å². The first-order chi connectivity index (χ1) is 9.56. The van der Waals surface area contributed by atoms with Gasteiger partial charge >= 0.3 is 0 Å². The van der Waals surface area contributed by atoms with Crippen molar-refractivity contribution in [2.75, 3.05) is 27.7 Å². The molecule has 0 saturated carbocycles. The number of hydrogen-bond acceptors (Lipinski definition) is 3. The molecule has 20 heavy (non-hydrogen) atoms. The lowest BCUT2D eigenvalue weighted by molar-refractivity contribution is -0.128. The van der Waals surface area contributed by atoms with Crippen molar-refractivity contribution < 1.29 is 4.79 Å². The Morgan fingerprint density at radius 1 is 1.30 bits per heavy atom. The van der Waals surface area contributed by atoms with Gasteiger partial charge in [0.05, 0.1) is 6.54 Å². The molecule has 0 atom stereocenters. The van der Waals surface area contributed by atoms with Crippen molar-refractivity contribution >= 4 is 23.2 Å². The van der Waals surface area contributed by atoms with Crippen molar-refractivity contribution in [3.05, 3.63) is 21.9 Å². The number of guanidine groups is 1. The summed E-state index contributed by atoms with van der Waals surface area (Å²) in [4.78, 5) is 19.9. The summed E-state index contributed by atoms with van der Waals surface area (Å²) >= 11 is 1.81. The average molecular weight is 296 g/mol. The molecule has 0 aromatic carbocycles. The highest BCUT2D eigenvalue weighted by Gasteiger charge is 2.05. The van der Waals surface area contributed by atoms with Gasteiger partial charge < -0.3 is 15.5 Å². The van der Waals surface area contributed by atoms with E-state index in [4.69, 9.17) is 0 Å². The van der Waals surface area contributed by atoms with Crippen LogP contribution in [0.5, 0.6) is 0 Å². The molecule has 0 spiro atoms. The zero-order valence-electron chi connectivity index (χ0n) is 12.7. The van der Waals surface area contributed by atoms with E-state index in [9.17, 15) is 4.79 Å². The van der Waals surface area contributed by atoms with Crippen LogP contribution in [0, 0.1) is 0 Å². The molecule has 0 fully saturated rings. The summed E-state index contributed by atoms with van der Waals surface area (Å²) in [6.45, 7) is 3.50. The first-order valence-electron chi connectivity index (χ1n) is 6.79. The number of carbonyl (C=O) groups excluding carboxylic acids is 1. The highest BCUT2D eigenvalue weighted by molar-refractivity contribution is 7.11. The summed E-state index contributed by atoms with van der Waals surface area (Å²) in [5, 5.41) is 6.39. The van der Waals surface area contributed by atoms with Crippen LogP contribution in [-0.2, 0) is 17.8 Å². The van der Waals surface area contributed by atoms with Gasteiger partial charge in [0.15, 0.2) is 5.96 Å². The lowest BCUT2D eigenvalue weighted by Crippen LogP contribution is -2.38. The van der Waals surface area contributed by atoms with Crippen LogP contribution < -0.4 is 10.6 Å². The van der Waals surface area contributed by atoms with E-state index < -0.39 is 0 Å². The number of rotatable bonds is 6. The van der Waals surface area contributed by atoms with Gasteiger partial charge in [-0.25, -0.2) is 0 Å². The van der Waals surface area contributed by atoms with E-state index in [1.165, 1.54) is 9.75 Å². The fourth-order valence-corrected chi connectivity index (χ4v) is 2.51. The third-order valence-corrected chi connectivity index (χ3v) is 4.08. The minimum Gasteiger partial charge on any atom is -0.356 e. The fraction of sp³-hybridized carbons (Fsp3) is 0.571. The van der Waals surface area contributed by atoms with E-state index in [0.29, 0.717) is 13.0 Å². The number of carbonyl (C=O) groups is 1. The Morgan fingerprint density at radius 2 is 2.00 bits per heavy atom. The molecule has 0 aliphatic heterocycles. The molecule has 1 aromatic heterocycles. The molecule has 0 aliphatic rings. The molecule has 0 unspecified atom stereocenters. The molecule has 2 N–H and O–H groups in total. The van der Waals surface area contributed by atoms with Gasteiger partial charge in [0.25, 0.3) is 0 Å². The maximum Gasteiger partial charge on any atom is 0.223 e. The number of aliphatic imine (C=N–C) groups is 1. The third kappa shape index (κ3) is 5.61. The summed E-state index contributed by atoms with van der Waals surface area (Å²) < 4.78 is 0.